The van der Waals surface area contributed by atoms with Gasteiger partial charge in [0.1, 0.15) is 6.10 Å². The summed E-state index contributed by atoms with van der Waals surface area (Å²) in [4.78, 5) is 11.9. The molecular formula is C32H50O2. The molecule has 0 aromatic carbocycles. The molecule has 0 heterocycles. The van der Waals surface area contributed by atoms with E-state index < -0.39 is 0 Å². The summed E-state index contributed by atoms with van der Waals surface area (Å²) in [5.74, 6) is 2.48. The van der Waals surface area contributed by atoms with Crippen LogP contribution in [0.3, 0.4) is 0 Å². The molecule has 4 fully saturated rings. The first kappa shape index (κ1) is 24.6. The number of allylic oxidation sites excluding steroid dienone is 3. The van der Waals surface area contributed by atoms with Gasteiger partial charge in [0.15, 0.2) is 0 Å². The molecule has 34 heavy (non-hydrogen) atoms. The monoisotopic (exact) mass is 466 g/mol. The summed E-state index contributed by atoms with van der Waals surface area (Å²) in [6, 6.07) is 0. The fourth-order valence-electron chi connectivity index (χ4n) is 11.0. The Morgan fingerprint density at radius 2 is 1.68 bits per heavy atom. The summed E-state index contributed by atoms with van der Waals surface area (Å²) in [6.45, 7) is 23.9. The van der Waals surface area contributed by atoms with E-state index in [1.807, 2.05) is 5.57 Å². The molecule has 0 aromatic heterocycles. The van der Waals surface area contributed by atoms with Crippen LogP contribution in [0.4, 0.5) is 0 Å². The molecule has 0 unspecified atom stereocenters. The molecule has 4 saturated carbocycles. The van der Waals surface area contributed by atoms with Gasteiger partial charge in [0.25, 0.3) is 0 Å². The Morgan fingerprint density at radius 3 is 2.35 bits per heavy atom. The van der Waals surface area contributed by atoms with Gasteiger partial charge in [-0.25, -0.2) is 0 Å². The third-order valence-corrected chi connectivity index (χ3v) is 13.2. The van der Waals surface area contributed by atoms with Crippen molar-refractivity contribution in [2.75, 3.05) is 0 Å². The zero-order chi connectivity index (χ0) is 24.9. The molecule has 190 valence electrons. The predicted octanol–water partition coefficient (Wildman–Crippen LogP) is 8.52. The first-order valence-electron chi connectivity index (χ1n) is 14.3. The number of rotatable bonds is 1. The third-order valence-electron chi connectivity index (χ3n) is 13.2. The van der Waals surface area contributed by atoms with E-state index >= 15 is 0 Å². The van der Waals surface area contributed by atoms with E-state index in [-0.39, 0.29) is 22.9 Å². The lowest BCUT2D eigenvalue weighted by Gasteiger charge is -2.71. The van der Waals surface area contributed by atoms with E-state index in [0.717, 1.165) is 6.42 Å². The minimum atomic E-state index is -0.117. The van der Waals surface area contributed by atoms with Crippen LogP contribution in [-0.2, 0) is 9.53 Å². The highest BCUT2D eigenvalue weighted by molar-refractivity contribution is 5.66. The average Bonchev–Trinajstić information content (AvgIpc) is 2.74. The largest absolute Gasteiger partial charge is 0.462 e. The minimum Gasteiger partial charge on any atom is -0.462 e. The van der Waals surface area contributed by atoms with Crippen molar-refractivity contribution < 1.29 is 9.53 Å². The smallest absolute Gasteiger partial charge is 0.302 e. The number of ether oxygens (including phenoxy) is 1. The first-order chi connectivity index (χ1) is 15.7. The van der Waals surface area contributed by atoms with Gasteiger partial charge in [-0.2, -0.15) is 0 Å². The molecule has 0 N–H and O–H groups in total. The molecule has 0 bridgehead atoms. The highest BCUT2D eigenvalue weighted by Crippen LogP contribution is 2.75. The molecule has 0 radical (unpaired) electrons. The fourth-order valence-corrected chi connectivity index (χ4v) is 11.0. The second kappa shape index (κ2) is 7.48. The van der Waals surface area contributed by atoms with Gasteiger partial charge in [0.05, 0.1) is 0 Å². The Morgan fingerprint density at radius 1 is 0.971 bits per heavy atom. The Hall–Kier alpha value is -1.05. The maximum atomic E-state index is 11.9. The normalized spacial score (nSPS) is 51.8. The van der Waals surface area contributed by atoms with E-state index in [9.17, 15) is 4.79 Å². The molecule has 5 rings (SSSR count). The van der Waals surface area contributed by atoms with Crippen LogP contribution in [0.1, 0.15) is 113 Å². The van der Waals surface area contributed by atoms with Crippen molar-refractivity contribution in [1.29, 1.82) is 0 Å². The van der Waals surface area contributed by atoms with Crippen LogP contribution < -0.4 is 0 Å². The van der Waals surface area contributed by atoms with Gasteiger partial charge in [0.2, 0.25) is 0 Å². The fraction of sp³-hybridized carbons (Fsp3) is 0.844. The van der Waals surface area contributed by atoms with E-state index in [4.69, 9.17) is 4.74 Å². The van der Waals surface area contributed by atoms with Crippen molar-refractivity contribution in [3.8, 4) is 0 Å². The first-order valence-corrected chi connectivity index (χ1v) is 14.3. The lowest BCUT2D eigenvalue weighted by Crippen LogP contribution is -2.64. The van der Waals surface area contributed by atoms with Crippen molar-refractivity contribution in [1.82, 2.24) is 0 Å². The average molecular weight is 467 g/mol. The summed E-state index contributed by atoms with van der Waals surface area (Å²) in [7, 11) is 0. The number of carbonyl (C=O) groups is 1. The molecule has 0 amide bonds. The molecule has 0 aromatic rings. The number of fused-ring (bicyclic) bond motifs is 7. The number of esters is 1. The molecule has 9 atom stereocenters. The van der Waals surface area contributed by atoms with Gasteiger partial charge in [-0.1, -0.05) is 72.3 Å². The maximum absolute atomic E-state index is 11.9. The summed E-state index contributed by atoms with van der Waals surface area (Å²) in [5, 5.41) is 0. The SMILES string of the molecule is C=C1CC[C@@]2(C)CC[C@]3(C)C(=CC[C@@H]4[C@@]5(C)CC[C@H](OC(C)=O)C(C)(C)[C@@H]5CC[C@]43C)[C@H]2[C@@H]1C. The molecule has 5 aliphatic rings. The third kappa shape index (κ3) is 3.02. The van der Waals surface area contributed by atoms with Crippen molar-refractivity contribution in [2.45, 2.75) is 119 Å². The molecule has 0 saturated heterocycles. The van der Waals surface area contributed by atoms with E-state index in [2.05, 4.69) is 61.1 Å². The zero-order valence-corrected chi connectivity index (χ0v) is 23.4. The van der Waals surface area contributed by atoms with Gasteiger partial charge in [-0.15, -0.1) is 0 Å². The van der Waals surface area contributed by atoms with Crippen molar-refractivity contribution >= 4 is 5.97 Å². The second-order valence-electron chi connectivity index (χ2n) is 14.8. The van der Waals surface area contributed by atoms with Crippen molar-refractivity contribution in [2.24, 2.45) is 50.7 Å². The highest BCUT2D eigenvalue weighted by Gasteiger charge is 2.68. The maximum Gasteiger partial charge on any atom is 0.302 e. The molecule has 0 spiro atoms. The van der Waals surface area contributed by atoms with Crippen LogP contribution in [-0.4, -0.2) is 12.1 Å². The van der Waals surface area contributed by atoms with Crippen LogP contribution in [0.5, 0.6) is 0 Å². The number of hydrogen-bond acceptors (Lipinski definition) is 2. The van der Waals surface area contributed by atoms with Gasteiger partial charge in [-0.3, -0.25) is 4.79 Å². The van der Waals surface area contributed by atoms with Gasteiger partial charge >= 0.3 is 5.97 Å². The minimum absolute atomic E-state index is 0.0334. The van der Waals surface area contributed by atoms with E-state index in [1.54, 1.807) is 6.92 Å². The van der Waals surface area contributed by atoms with Crippen LogP contribution in [0, 0.1) is 50.7 Å². The van der Waals surface area contributed by atoms with E-state index in [1.165, 1.54) is 56.9 Å². The quantitative estimate of drug-likeness (QED) is 0.286. The van der Waals surface area contributed by atoms with Crippen LogP contribution in [0.25, 0.3) is 0 Å². The Kier molecular flexibility index (Phi) is 5.42. The summed E-state index contributed by atoms with van der Waals surface area (Å²) in [6.07, 6.45) is 14.1. The van der Waals surface area contributed by atoms with Crippen LogP contribution in [0.2, 0.25) is 0 Å². The number of hydrogen-bond donors (Lipinski definition) is 0. The Balaban J connectivity index is 1.55. The Bertz CT molecular complexity index is 927. The molecule has 5 aliphatic carbocycles. The predicted molar refractivity (Wildman–Crippen MR) is 140 cm³/mol. The summed E-state index contributed by atoms with van der Waals surface area (Å²) in [5.41, 5.74) is 4.71. The Labute approximate surface area is 209 Å². The molecule has 2 nitrogen and oxygen atoms in total. The summed E-state index contributed by atoms with van der Waals surface area (Å²) >= 11 is 0. The van der Waals surface area contributed by atoms with Gasteiger partial charge < -0.3 is 4.74 Å². The lowest BCUT2D eigenvalue weighted by atomic mass is 9.33. The van der Waals surface area contributed by atoms with Crippen LogP contribution >= 0.6 is 0 Å². The van der Waals surface area contributed by atoms with Crippen LogP contribution in [0.15, 0.2) is 23.8 Å². The zero-order valence-electron chi connectivity index (χ0n) is 23.4. The van der Waals surface area contributed by atoms with Gasteiger partial charge in [-0.05, 0) is 103 Å². The second-order valence-corrected chi connectivity index (χ2v) is 14.8. The summed E-state index contributed by atoms with van der Waals surface area (Å²) < 4.78 is 5.90. The van der Waals surface area contributed by atoms with Crippen molar-refractivity contribution in [3.05, 3.63) is 23.8 Å². The standard InChI is InChI=1S/C32H50O2/c1-20-12-15-29(6)18-19-31(8)23(27(29)21(20)2)10-11-25-30(7)16-14-26(34-22(3)33)28(4,5)24(30)13-17-32(25,31)9/h10,21,24-27H,1,11-19H2,2-9H3/t21-,24+,25-,26+,27-,29+,30+,31-,32-/m1/s1. The van der Waals surface area contributed by atoms with E-state index in [0.29, 0.717) is 39.9 Å². The molecule has 2 heteroatoms. The van der Waals surface area contributed by atoms with Gasteiger partial charge in [0, 0.05) is 12.3 Å². The highest BCUT2D eigenvalue weighted by atomic mass is 16.5. The lowest BCUT2D eigenvalue weighted by molar-refractivity contribution is -0.211. The number of carbonyl (C=O) groups excluding carboxylic acids is 1. The topological polar surface area (TPSA) is 26.3 Å². The molecular weight excluding hydrogens is 416 g/mol. The van der Waals surface area contributed by atoms with Crippen molar-refractivity contribution in [3.63, 3.8) is 0 Å². The molecule has 0 aliphatic heterocycles.